The molecule has 0 bridgehead atoms. The number of piperazine rings is 1. The van der Waals surface area contributed by atoms with Crippen LogP contribution in [0.15, 0.2) is 57.2 Å². The Morgan fingerprint density at radius 1 is 0.968 bits per heavy atom. The first-order chi connectivity index (χ1) is 14.9. The highest BCUT2D eigenvalue weighted by Crippen LogP contribution is 2.34. The van der Waals surface area contributed by atoms with Gasteiger partial charge in [-0.05, 0) is 42.5 Å². The van der Waals surface area contributed by atoms with Gasteiger partial charge >= 0.3 is 0 Å². The molecule has 1 aromatic heterocycles. The third-order valence-electron chi connectivity index (χ3n) is 5.13. The highest BCUT2D eigenvalue weighted by Gasteiger charge is 2.29. The molecule has 2 heterocycles. The Labute approximate surface area is 194 Å². The van der Waals surface area contributed by atoms with E-state index in [1.807, 2.05) is 23.6 Å². The summed E-state index contributed by atoms with van der Waals surface area (Å²) in [5, 5.41) is 2.88. The van der Waals surface area contributed by atoms with Crippen molar-refractivity contribution in [1.29, 1.82) is 0 Å². The standard InChI is InChI=1S/C21H22BrN3O4S2/c1-28-19-8-3-15(13-20(19)29-2)18-14-30-21(23-18)24-9-11-25(12-10-24)31(26,27)17-6-4-16(22)5-7-17/h3-8,13-14H,9-12H2,1-2H3. The Kier molecular flexibility index (Phi) is 6.52. The molecule has 0 atom stereocenters. The van der Waals surface area contributed by atoms with E-state index in [0.717, 1.165) is 20.9 Å². The van der Waals surface area contributed by atoms with Gasteiger partial charge in [0.2, 0.25) is 10.0 Å². The summed E-state index contributed by atoms with van der Waals surface area (Å²) in [5.41, 5.74) is 1.79. The van der Waals surface area contributed by atoms with Crippen molar-refractivity contribution in [3.8, 4) is 22.8 Å². The predicted molar refractivity (Wildman–Crippen MR) is 126 cm³/mol. The Morgan fingerprint density at radius 2 is 1.65 bits per heavy atom. The van der Waals surface area contributed by atoms with Crippen LogP contribution in [0.1, 0.15) is 0 Å². The van der Waals surface area contributed by atoms with E-state index >= 15 is 0 Å². The molecule has 2 aromatic carbocycles. The van der Waals surface area contributed by atoms with Gasteiger partial charge in [-0.25, -0.2) is 13.4 Å². The third-order valence-corrected chi connectivity index (χ3v) is 8.47. The Bertz CT molecular complexity index is 1160. The SMILES string of the molecule is COc1ccc(-c2csc(N3CCN(S(=O)(=O)c4ccc(Br)cc4)CC3)n2)cc1OC. The van der Waals surface area contributed by atoms with Crippen molar-refractivity contribution >= 4 is 42.4 Å². The molecule has 0 amide bonds. The van der Waals surface area contributed by atoms with Gasteiger partial charge in [-0.1, -0.05) is 15.9 Å². The van der Waals surface area contributed by atoms with Crippen LogP contribution in [-0.2, 0) is 10.0 Å². The minimum atomic E-state index is -3.49. The fraction of sp³-hybridized carbons (Fsp3) is 0.286. The molecule has 7 nitrogen and oxygen atoms in total. The summed E-state index contributed by atoms with van der Waals surface area (Å²) in [7, 11) is -0.280. The molecule has 10 heteroatoms. The molecule has 1 aliphatic heterocycles. The van der Waals surface area contributed by atoms with Crippen LogP contribution in [0.2, 0.25) is 0 Å². The summed E-state index contributed by atoms with van der Waals surface area (Å²) >= 11 is 4.89. The Hall–Kier alpha value is -2.14. The van der Waals surface area contributed by atoms with Crippen molar-refractivity contribution in [3.05, 3.63) is 52.3 Å². The smallest absolute Gasteiger partial charge is 0.243 e. The number of aromatic nitrogens is 1. The third kappa shape index (κ3) is 4.57. The number of hydrogen-bond acceptors (Lipinski definition) is 7. The largest absolute Gasteiger partial charge is 0.493 e. The van der Waals surface area contributed by atoms with Crippen LogP contribution in [0.4, 0.5) is 5.13 Å². The number of sulfonamides is 1. The lowest BCUT2D eigenvalue weighted by atomic mass is 10.1. The monoisotopic (exact) mass is 523 g/mol. The molecule has 0 N–H and O–H groups in total. The van der Waals surface area contributed by atoms with E-state index in [1.165, 1.54) is 4.31 Å². The number of rotatable bonds is 6. The topological polar surface area (TPSA) is 72.0 Å². The quantitative estimate of drug-likeness (QED) is 0.484. The summed E-state index contributed by atoms with van der Waals surface area (Å²) in [4.78, 5) is 7.21. The molecule has 0 radical (unpaired) electrons. The molecule has 0 saturated carbocycles. The van der Waals surface area contributed by atoms with E-state index < -0.39 is 10.0 Å². The summed E-state index contributed by atoms with van der Waals surface area (Å²) in [6.07, 6.45) is 0. The van der Waals surface area contributed by atoms with Crippen molar-refractivity contribution in [1.82, 2.24) is 9.29 Å². The maximum absolute atomic E-state index is 12.9. The van der Waals surface area contributed by atoms with Crippen molar-refractivity contribution in [3.63, 3.8) is 0 Å². The van der Waals surface area contributed by atoms with E-state index in [-0.39, 0.29) is 0 Å². The average molecular weight is 524 g/mol. The number of ether oxygens (including phenoxy) is 2. The van der Waals surface area contributed by atoms with Gasteiger partial charge in [0.25, 0.3) is 0 Å². The first kappa shape index (κ1) is 22.1. The van der Waals surface area contributed by atoms with Gasteiger partial charge in [0.05, 0.1) is 24.8 Å². The zero-order valence-corrected chi connectivity index (χ0v) is 20.3. The minimum Gasteiger partial charge on any atom is -0.493 e. The summed E-state index contributed by atoms with van der Waals surface area (Å²) in [6, 6.07) is 12.5. The summed E-state index contributed by atoms with van der Waals surface area (Å²) in [5.74, 6) is 1.33. The normalized spacial score (nSPS) is 15.1. The zero-order chi connectivity index (χ0) is 22.0. The molecule has 0 aliphatic carbocycles. The van der Waals surface area contributed by atoms with Gasteiger partial charge < -0.3 is 14.4 Å². The van der Waals surface area contributed by atoms with Crippen LogP contribution >= 0.6 is 27.3 Å². The first-order valence-electron chi connectivity index (χ1n) is 9.61. The molecular formula is C21H22BrN3O4S2. The van der Waals surface area contributed by atoms with Crippen LogP contribution < -0.4 is 14.4 Å². The summed E-state index contributed by atoms with van der Waals surface area (Å²) in [6.45, 7) is 2.02. The minimum absolute atomic E-state index is 0.314. The molecule has 1 fully saturated rings. The second-order valence-electron chi connectivity index (χ2n) is 6.93. The lowest BCUT2D eigenvalue weighted by molar-refractivity contribution is 0.355. The molecule has 0 spiro atoms. The highest BCUT2D eigenvalue weighted by atomic mass is 79.9. The molecule has 164 valence electrons. The van der Waals surface area contributed by atoms with Crippen molar-refractivity contribution in [2.24, 2.45) is 0 Å². The maximum atomic E-state index is 12.9. The van der Waals surface area contributed by atoms with Gasteiger partial charge in [-0.2, -0.15) is 4.31 Å². The molecule has 3 aromatic rings. The number of nitrogens with zero attached hydrogens (tertiary/aromatic N) is 3. The van der Waals surface area contributed by atoms with Gasteiger partial charge in [-0.15, -0.1) is 11.3 Å². The van der Waals surface area contributed by atoms with E-state index in [2.05, 4.69) is 20.8 Å². The van der Waals surface area contributed by atoms with Gasteiger partial charge in [-0.3, -0.25) is 0 Å². The Balaban J connectivity index is 1.45. The van der Waals surface area contributed by atoms with Gasteiger partial charge in [0, 0.05) is 41.6 Å². The van der Waals surface area contributed by atoms with E-state index in [9.17, 15) is 8.42 Å². The van der Waals surface area contributed by atoms with Crippen LogP contribution in [0.5, 0.6) is 11.5 Å². The second-order valence-corrected chi connectivity index (χ2v) is 10.6. The van der Waals surface area contributed by atoms with Gasteiger partial charge in [0.1, 0.15) is 0 Å². The molecule has 0 unspecified atom stereocenters. The highest BCUT2D eigenvalue weighted by molar-refractivity contribution is 9.10. The molecule has 31 heavy (non-hydrogen) atoms. The van der Waals surface area contributed by atoms with Crippen LogP contribution in [0.3, 0.4) is 0 Å². The first-order valence-corrected chi connectivity index (χ1v) is 12.7. The number of thiazole rings is 1. The predicted octanol–water partition coefficient (Wildman–Crippen LogP) is 4.10. The van der Waals surface area contributed by atoms with Gasteiger partial charge in [0.15, 0.2) is 16.6 Å². The Morgan fingerprint density at radius 3 is 2.29 bits per heavy atom. The lowest BCUT2D eigenvalue weighted by Crippen LogP contribution is -2.48. The maximum Gasteiger partial charge on any atom is 0.243 e. The van der Waals surface area contributed by atoms with Crippen LogP contribution in [-0.4, -0.2) is 58.1 Å². The lowest BCUT2D eigenvalue weighted by Gasteiger charge is -2.33. The van der Waals surface area contributed by atoms with Crippen LogP contribution in [0, 0.1) is 0 Å². The number of hydrogen-bond donors (Lipinski definition) is 0. The number of benzene rings is 2. The van der Waals surface area contributed by atoms with Crippen LogP contribution in [0.25, 0.3) is 11.3 Å². The second kappa shape index (κ2) is 9.15. The van der Waals surface area contributed by atoms with Crippen molar-refractivity contribution < 1.29 is 17.9 Å². The van der Waals surface area contributed by atoms with Crippen molar-refractivity contribution in [2.45, 2.75) is 4.90 Å². The van der Waals surface area contributed by atoms with Crippen molar-refractivity contribution in [2.75, 3.05) is 45.3 Å². The molecule has 4 rings (SSSR count). The fourth-order valence-corrected chi connectivity index (χ4v) is 5.99. The molecule has 1 saturated heterocycles. The summed E-state index contributed by atoms with van der Waals surface area (Å²) < 4.78 is 38.9. The number of anilines is 1. The fourth-order valence-electron chi connectivity index (χ4n) is 3.41. The number of halogens is 1. The molecular weight excluding hydrogens is 502 g/mol. The molecule has 1 aliphatic rings. The van der Waals surface area contributed by atoms with E-state index in [0.29, 0.717) is 42.6 Å². The van der Waals surface area contributed by atoms with E-state index in [1.54, 1.807) is 49.8 Å². The zero-order valence-electron chi connectivity index (χ0n) is 17.1. The number of methoxy groups -OCH3 is 2. The van der Waals surface area contributed by atoms with E-state index in [4.69, 9.17) is 14.5 Å². The average Bonchev–Trinajstić information content (AvgIpc) is 3.29.